The number of benzene rings is 3. The third-order valence-corrected chi connectivity index (χ3v) is 5.83. The maximum atomic E-state index is 14.1. The number of hydrogen-bond donors (Lipinski definition) is 0. The first-order valence-corrected chi connectivity index (χ1v) is 10.2. The number of aryl methyl sites for hydroxylation is 2. The molecule has 4 aromatic rings. The molecule has 3 aromatic carbocycles. The lowest BCUT2D eigenvalue weighted by Crippen LogP contribution is -2.09. The van der Waals surface area contributed by atoms with Crippen LogP contribution in [0.25, 0.3) is 17.1 Å². The molecular formula is C24H19F3N2S. The zero-order valence-electron chi connectivity index (χ0n) is 16.4. The van der Waals surface area contributed by atoms with Crippen LogP contribution in [0, 0.1) is 13.8 Å². The van der Waals surface area contributed by atoms with Gasteiger partial charge >= 0.3 is 6.18 Å². The van der Waals surface area contributed by atoms with Gasteiger partial charge in [0.05, 0.1) is 5.69 Å². The Morgan fingerprint density at radius 2 is 1.33 bits per heavy atom. The summed E-state index contributed by atoms with van der Waals surface area (Å²) in [6.45, 7) is 3.81. The zero-order chi connectivity index (χ0) is 21.3. The Morgan fingerprint density at radius 3 is 1.90 bits per heavy atom. The Kier molecular flexibility index (Phi) is 5.43. The van der Waals surface area contributed by atoms with Crippen molar-refractivity contribution in [1.29, 1.82) is 0 Å². The molecule has 0 N–H and O–H groups in total. The lowest BCUT2D eigenvalue weighted by atomic mass is 10.1. The molecule has 0 fully saturated rings. The van der Waals surface area contributed by atoms with E-state index in [1.165, 1.54) is 0 Å². The lowest BCUT2D eigenvalue weighted by Gasteiger charge is -2.17. The highest BCUT2D eigenvalue weighted by molar-refractivity contribution is 7.99. The monoisotopic (exact) mass is 424 g/mol. The molecule has 1 aromatic heterocycles. The number of halogens is 3. The lowest BCUT2D eigenvalue weighted by molar-refractivity contribution is -0.143. The van der Waals surface area contributed by atoms with Gasteiger partial charge in [-0.1, -0.05) is 78.5 Å². The summed E-state index contributed by atoms with van der Waals surface area (Å²) in [4.78, 5) is 4.84. The number of rotatable bonds is 4. The summed E-state index contributed by atoms with van der Waals surface area (Å²) in [5, 5.41) is 0.0601. The average molecular weight is 424 g/mol. The summed E-state index contributed by atoms with van der Waals surface area (Å²) < 4.78 is 43.9. The summed E-state index contributed by atoms with van der Waals surface area (Å²) in [7, 11) is 0. The average Bonchev–Trinajstić information content (AvgIpc) is 3.09. The SMILES string of the molecule is Cc1cccc(C)c1-n1c(-c2ccccc2)nc(C(F)(F)F)c1Sc1ccccc1. The van der Waals surface area contributed by atoms with Crippen LogP contribution in [0.3, 0.4) is 0 Å². The Hall–Kier alpha value is -2.99. The fourth-order valence-electron chi connectivity index (χ4n) is 3.43. The molecule has 0 aliphatic heterocycles. The molecule has 0 radical (unpaired) electrons. The van der Waals surface area contributed by atoms with E-state index in [9.17, 15) is 13.2 Å². The van der Waals surface area contributed by atoms with E-state index in [0.717, 1.165) is 33.5 Å². The number of alkyl halides is 3. The third-order valence-electron chi connectivity index (χ3n) is 4.76. The van der Waals surface area contributed by atoms with Gasteiger partial charge in [0.1, 0.15) is 10.9 Å². The molecule has 0 aliphatic carbocycles. The minimum absolute atomic E-state index is 0.0601. The third kappa shape index (κ3) is 3.87. The quantitative estimate of drug-likeness (QED) is 0.341. The largest absolute Gasteiger partial charge is 0.436 e. The van der Waals surface area contributed by atoms with Gasteiger partial charge in [-0.2, -0.15) is 13.2 Å². The van der Waals surface area contributed by atoms with Crippen LogP contribution in [-0.2, 0) is 6.18 Å². The van der Waals surface area contributed by atoms with Crippen molar-refractivity contribution in [3.63, 3.8) is 0 Å². The summed E-state index contributed by atoms with van der Waals surface area (Å²) in [6, 6.07) is 23.8. The van der Waals surface area contributed by atoms with Gasteiger partial charge in [-0.3, -0.25) is 4.57 Å². The van der Waals surface area contributed by atoms with Crippen LogP contribution in [0.2, 0.25) is 0 Å². The Labute approximate surface area is 177 Å². The maximum absolute atomic E-state index is 14.1. The van der Waals surface area contributed by atoms with E-state index < -0.39 is 11.9 Å². The van der Waals surface area contributed by atoms with Crippen molar-refractivity contribution >= 4 is 11.8 Å². The molecule has 0 atom stereocenters. The van der Waals surface area contributed by atoms with E-state index in [0.29, 0.717) is 5.56 Å². The van der Waals surface area contributed by atoms with Crippen molar-refractivity contribution in [3.8, 4) is 17.1 Å². The second-order valence-electron chi connectivity index (χ2n) is 6.94. The smallest absolute Gasteiger partial charge is 0.286 e. The molecule has 2 nitrogen and oxygen atoms in total. The van der Waals surface area contributed by atoms with E-state index >= 15 is 0 Å². The molecule has 0 saturated heterocycles. The Morgan fingerprint density at radius 1 is 0.767 bits per heavy atom. The predicted octanol–water partition coefficient (Wildman–Crippen LogP) is 7.33. The van der Waals surface area contributed by atoms with Crippen LogP contribution in [0.15, 0.2) is 88.8 Å². The number of imidazole rings is 1. The molecule has 4 rings (SSSR count). The fraction of sp³-hybridized carbons (Fsp3) is 0.125. The molecule has 0 aliphatic rings. The highest BCUT2D eigenvalue weighted by Crippen LogP contribution is 2.44. The molecule has 152 valence electrons. The van der Waals surface area contributed by atoms with Crippen molar-refractivity contribution in [2.24, 2.45) is 0 Å². The van der Waals surface area contributed by atoms with Gasteiger partial charge in [0, 0.05) is 10.5 Å². The van der Waals surface area contributed by atoms with Crippen molar-refractivity contribution in [2.45, 2.75) is 29.9 Å². The van der Waals surface area contributed by atoms with Crippen LogP contribution in [0.1, 0.15) is 16.8 Å². The highest BCUT2D eigenvalue weighted by Gasteiger charge is 2.40. The molecule has 0 bridgehead atoms. The molecule has 6 heteroatoms. The first-order valence-electron chi connectivity index (χ1n) is 9.41. The Balaban J connectivity index is 2.07. The maximum Gasteiger partial charge on any atom is 0.436 e. The summed E-state index contributed by atoms with van der Waals surface area (Å²) in [6.07, 6.45) is -4.58. The van der Waals surface area contributed by atoms with Crippen LogP contribution in [0.5, 0.6) is 0 Å². The van der Waals surface area contributed by atoms with Gasteiger partial charge in [0.15, 0.2) is 5.69 Å². The van der Waals surface area contributed by atoms with Crippen molar-refractivity contribution < 1.29 is 13.2 Å². The minimum Gasteiger partial charge on any atom is -0.286 e. The van der Waals surface area contributed by atoms with Gasteiger partial charge in [-0.25, -0.2) is 4.98 Å². The van der Waals surface area contributed by atoms with Crippen LogP contribution in [-0.4, -0.2) is 9.55 Å². The van der Waals surface area contributed by atoms with Crippen LogP contribution < -0.4 is 0 Å². The van der Waals surface area contributed by atoms with Crippen LogP contribution >= 0.6 is 11.8 Å². The van der Waals surface area contributed by atoms with Gasteiger partial charge < -0.3 is 0 Å². The Bertz CT molecular complexity index is 1150. The van der Waals surface area contributed by atoms with E-state index in [1.807, 2.05) is 56.3 Å². The topological polar surface area (TPSA) is 17.8 Å². The van der Waals surface area contributed by atoms with Crippen molar-refractivity contribution in [1.82, 2.24) is 9.55 Å². The first kappa shape index (κ1) is 20.3. The molecular weight excluding hydrogens is 405 g/mol. The van der Waals surface area contributed by atoms with E-state index in [-0.39, 0.29) is 10.9 Å². The van der Waals surface area contributed by atoms with Gasteiger partial charge in [-0.15, -0.1) is 0 Å². The van der Waals surface area contributed by atoms with E-state index in [2.05, 4.69) is 4.98 Å². The molecule has 0 unspecified atom stereocenters. The number of aromatic nitrogens is 2. The first-order chi connectivity index (χ1) is 14.4. The standard InChI is InChI=1S/C24H19F3N2S/c1-16-10-9-11-17(2)20(16)29-22(18-12-5-3-6-13-18)28-21(24(25,26)27)23(29)30-19-14-7-4-8-15-19/h3-15H,1-2H3. The predicted molar refractivity (Wildman–Crippen MR) is 114 cm³/mol. The van der Waals surface area contributed by atoms with Gasteiger partial charge in [0.25, 0.3) is 0 Å². The summed E-state index contributed by atoms with van der Waals surface area (Å²) in [5.41, 5.74) is 2.24. The van der Waals surface area contributed by atoms with E-state index in [4.69, 9.17) is 0 Å². The van der Waals surface area contributed by atoms with Crippen molar-refractivity contribution in [3.05, 3.63) is 95.7 Å². The summed E-state index contributed by atoms with van der Waals surface area (Å²) >= 11 is 1.08. The summed E-state index contributed by atoms with van der Waals surface area (Å²) in [5.74, 6) is 0.277. The molecule has 0 amide bonds. The molecule has 0 saturated carbocycles. The normalized spacial score (nSPS) is 11.6. The van der Waals surface area contributed by atoms with Crippen molar-refractivity contribution in [2.75, 3.05) is 0 Å². The molecule has 0 spiro atoms. The minimum atomic E-state index is -4.58. The highest BCUT2D eigenvalue weighted by atomic mass is 32.2. The van der Waals surface area contributed by atoms with Crippen LogP contribution in [0.4, 0.5) is 13.2 Å². The van der Waals surface area contributed by atoms with Gasteiger partial charge in [-0.05, 0) is 37.1 Å². The second-order valence-corrected chi connectivity index (χ2v) is 8.01. The zero-order valence-corrected chi connectivity index (χ0v) is 17.3. The van der Waals surface area contributed by atoms with Gasteiger partial charge in [0.2, 0.25) is 0 Å². The second kappa shape index (κ2) is 8.03. The number of nitrogens with zero attached hydrogens (tertiary/aromatic N) is 2. The number of hydrogen-bond acceptors (Lipinski definition) is 2. The fourth-order valence-corrected chi connectivity index (χ4v) is 4.47. The number of para-hydroxylation sites is 1. The molecule has 1 heterocycles. The molecule has 30 heavy (non-hydrogen) atoms. The van der Waals surface area contributed by atoms with E-state index in [1.54, 1.807) is 41.0 Å².